The fraction of sp³-hybridized carbons (Fsp3) is 0.679. The lowest BCUT2D eigenvalue weighted by Gasteiger charge is -2.37. The fourth-order valence-electron chi connectivity index (χ4n) is 6.54. The van der Waals surface area contributed by atoms with Crippen molar-refractivity contribution >= 4 is 23.4 Å². The molecule has 15 heteroatoms. The van der Waals surface area contributed by atoms with Crippen LogP contribution in [-0.4, -0.2) is 116 Å². The number of carbonyl (C=O) groups is 2. The summed E-state index contributed by atoms with van der Waals surface area (Å²) in [5.41, 5.74) is 6.93. The van der Waals surface area contributed by atoms with E-state index in [1.54, 1.807) is 11.1 Å². The highest BCUT2D eigenvalue weighted by atomic mass is 35.5. The lowest BCUT2D eigenvalue weighted by molar-refractivity contribution is -0.134. The van der Waals surface area contributed by atoms with Gasteiger partial charge in [-0.15, -0.1) is 0 Å². The lowest BCUT2D eigenvalue weighted by atomic mass is 9.98. The Morgan fingerprint density at radius 3 is 2.81 bits per heavy atom. The Bertz CT molecular complexity index is 1180. The van der Waals surface area contributed by atoms with Crippen molar-refractivity contribution in [1.82, 2.24) is 41.3 Å². The Balaban J connectivity index is 1.27. The first kappa shape index (κ1) is 31.8. The molecule has 4 heterocycles. The standard InChI is InChI=1S/C28H40ClF2N9O3/c1-37(10-2-8-32)19-6-12-38(13-7-19)24(41)17-39-16-22(35-27(42)21-15-34-40-11-3-9-33-26(21)40)25(36-39)20-14-18(29)4-5-23(20)43-28(30)31/h4-5,14,19,21-22,25-26,28,33-34,36H,2-3,6-7,9-13,15-17H2,1H3,(H,35,42). The number of ether oxygens (including phenoxy) is 1. The smallest absolute Gasteiger partial charge is 0.387 e. The van der Waals surface area contributed by atoms with E-state index in [2.05, 4.69) is 32.5 Å². The summed E-state index contributed by atoms with van der Waals surface area (Å²) in [6.45, 7) is 1.35. The van der Waals surface area contributed by atoms with E-state index in [9.17, 15) is 18.4 Å². The summed E-state index contributed by atoms with van der Waals surface area (Å²) in [5, 5.41) is 19.5. The summed E-state index contributed by atoms with van der Waals surface area (Å²) in [6, 6.07) is 5.71. The van der Waals surface area contributed by atoms with E-state index in [0.717, 1.165) is 32.4 Å². The topological polar surface area (TPSA) is 128 Å². The van der Waals surface area contributed by atoms with Crippen LogP contribution in [0.4, 0.5) is 8.78 Å². The third-order valence-corrected chi connectivity index (χ3v) is 9.07. The molecule has 0 aromatic heterocycles. The highest BCUT2D eigenvalue weighted by Crippen LogP contribution is 2.34. The van der Waals surface area contributed by atoms with Crippen molar-refractivity contribution in [3.8, 4) is 11.8 Å². The van der Waals surface area contributed by atoms with Crippen LogP contribution in [0.3, 0.4) is 0 Å². The number of carbonyl (C=O) groups excluding carboxylic acids is 2. The van der Waals surface area contributed by atoms with Gasteiger partial charge in [-0.2, -0.15) is 14.0 Å². The number of nitrogens with zero attached hydrogens (tertiary/aromatic N) is 5. The zero-order valence-corrected chi connectivity index (χ0v) is 25.0. The van der Waals surface area contributed by atoms with E-state index in [4.69, 9.17) is 21.6 Å². The molecule has 2 amide bonds. The zero-order chi connectivity index (χ0) is 30.5. The Morgan fingerprint density at radius 1 is 1.28 bits per heavy atom. The number of amides is 2. The molecule has 0 aliphatic carbocycles. The lowest BCUT2D eigenvalue weighted by Crippen LogP contribution is -2.55. The number of nitrogens with one attached hydrogen (secondary N) is 4. The number of alkyl halides is 2. The maximum atomic E-state index is 13.6. The molecule has 1 aromatic rings. The van der Waals surface area contributed by atoms with Gasteiger partial charge in [0.15, 0.2) is 0 Å². The maximum absolute atomic E-state index is 13.6. The third kappa shape index (κ3) is 7.72. The Labute approximate surface area is 255 Å². The van der Waals surface area contributed by atoms with E-state index in [1.165, 1.54) is 12.1 Å². The van der Waals surface area contributed by atoms with Gasteiger partial charge in [0.05, 0.1) is 36.8 Å². The van der Waals surface area contributed by atoms with Crippen molar-refractivity contribution < 1.29 is 23.1 Å². The molecule has 4 saturated heterocycles. The van der Waals surface area contributed by atoms with Gasteiger partial charge >= 0.3 is 6.61 Å². The highest BCUT2D eigenvalue weighted by Gasteiger charge is 2.43. The first-order chi connectivity index (χ1) is 20.7. The second kappa shape index (κ2) is 14.4. The minimum absolute atomic E-state index is 0.0467. The van der Waals surface area contributed by atoms with Crippen LogP contribution >= 0.6 is 11.6 Å². The molecule has 5 rings (SSSR count). The second-order valence-corrected chi connectivity index (χ2v) is 12.0. The van der Waals surface area contributed by atoms with Crippen LogP contribution in [0.5, 0.6) is 5.75 Å². The Kier molecular flexibility index (Phi) is 10.7. The summed E-state index contributed by atoms with van der Waals surface area (Å²) < 4.78 is 31.4. The van der Waals surface area contributed by atoms with Crippen molar-refractivity contribution in [3.05, 3.63) is 28.8 Å². The molecule has 1 aromatic carbocycles. The molecule has 0 spiro atoms. The number of piperidine rings is 1. The number of likely N-dealkylation sites (tertiary alicyclic amines) is 1. The number of hydrazine groups is 2. The highest BCUT2D eigenvalue weighted by molar-refractivity contribution is 6.30. The van der Waals surface area contributed by atoms with Gasteiger partial charge in [0, 0.05) is 62.3 Å². The normalized spacial score (nSPS) is 27.0. The van der Waals surface area contributed by atoms with Crippen LogP contribution in [0.25, 0.3) is 0 Å². The molecule has 4 aliphatic rings. The summed E-state index contributed by atoms with van der Waals surface area (Å²) >= 11 is 6.28. The number of fused-ring (bicyclic) bond motifs is 1. The predicted molar refractivity (Wildman–Crippen MR) is 155 cm³/mol. The SMILES string of the molecule is CN(CCC#N)C1CCN(C(=O)CN2CC(NC(=O)C3CNN4CCCNC34)C(c3cc(Cl)ccc3OC(F)F)N2)CC1. The van der Waals surface area contributed by atoms with Crippen LogP contribution in [0.2, 0.25) is 5.02 Å². The number of benzene rings is 1. The van der Waals surface area contributed by atoms with E-state index < -0.39 is 18.7 Å². The molecule has 4 unspecified atom stereocenters. The van der Waals surface area contributed by atoms with Crippen molar-refractivity contribution in [1.29, 1.82) is 5.26 Å². The minimum atomic E-state index is -3.04. The van der Waals surface area contributed by atoms with Gasteiger partial charge in [-0.05, 0) is 51.1 Å². The van der Waals surface area contributed by atoms with E-state index in [0.29, 0.717) is 49.2 Å². The van der Waals surface area contributed by atoms with Crippen LogP contribution in [0.15, 0.2) is 18.2 Å². The average Bonchev–Trinajstić information content (AvgIpc) is 3.60. The minimum Gasteiger partial charge on any atom is -0.434 e. The summed E-state index contributed by atoms with van der Waals surface area (Å²) in [5.74, 6) is -0.621. The van der Waals surface area contributed by atoms with Crippen LogP contribution in [-0.2, 0) is 9.59 Å². The van der Waals surface area contributed by atoms with Gasteiger partial charge in [-0.3, -0.25) is 20.3 Å². The maximum Gasteiger partial charge on any atom is 0.387 e. The van der Waals surface area contributed by atoms with E-state index in [-0.39, 0.29) is 42.7 Å². The molecule has 0 bridgehead atoms. The quantitative estimate of drug-likeness (QED) is 0.298. The van der Waals surface area contributed by atoms with Crippen molar-refractivity contribution in [3.63, 3.8) is 0 Å². The number of nitriles is 1. The van der Waals surface area contributed by atoms with Crippen LogP contribution in [0.1, 0.15) is 37.3 Å². The molecule has 4 atom stereocenters. The molecule has 4 N–H and O–H groups in total. The van der Waals surface area contributed by atoms with Gasteiger partial charge in [-0.1, -0.05) is 11.6 Å². The van der Waals surface area contributed by atoms with Gasteiger partial charge in [0.2, 0.25) is 11.8 Å². The number of halogens is 3. The molecular formula is C28H40ClF2N9O3. The van der Waals surface area contributed by atoms with Crippen LogP contribution in [0, 0.1) is 17.2 Å². The summed E-state index contributed by atoms with van der Waals surface area (Å²) in [6.07, 6.45) is 2.96. The van der Waals surface area contributed by atoms with Gasteiger partial charge in [0.25, 0.3) is 0 Å². The number of rotatable bonds is 10. The molecule has 0 radical (unpaired) electrons. The van der Waals surface area contributed by atoms with Crippen molar-refractivity contribution in [2.24, 2.45) is 5.92 Å². The van der Waals surface area contributed by atoms with Crippen molar-refractivity contribution in [2.45, 2.75) is 56.6 Å². The molecule has 4 fully saturated rings. The third-order valence-electron chi connectivity index (χ3n) is 8.83. The molecule has 12 nitrogen and oxygen atoms in total. The monoisotopic (exact) mass is 623 g/mol. The van der Waals surface area contributed by atoms with Gasteiger partial charge in [-0.25, -0.2) is 15.4 Å². The molecule has 236 valence electrons. The van der Waals surface area contributed by atoms with Crippen LogP contribution < -0.4 is 26.2 Å². The summed E-state index contributed by atoms with van der Waals surface area (Å²) in [4.78, 5) is 30.9. The molecule has 0 saturated carbocycles. The molecule has 43 heavy (non-hydrogen) atoms. The van der Waals surface area contributed by atoms with Gasteiger partial charge in [0.1, 0.15) is 5.75 Å². The van der Waals surface area contributed by atoms with E-state index in [1.807, 2.05) is 17.0 Å². The summed E-state index contributed by atoms with van der Waals surface area (Å²) in [7, 11) is 2.01. The fourth-order valence-corrected chi connectivity index (χ4v) is 6.72. The molecule has 4 aliphatic heterocycles. The van der Waals surface area contributed by atoms with Crippen molar-refractivity contribution in [2.75, 3.05) is 59.4 Å². The second-order valence-electron chi connectivity index (χ2n) is 11.6. The Hall–Kier alpha value is -2.64. The first-order valence-electron chi connectivity index (χ1n) is 14.9. The first-order valence-corrected chi connectivity index (χ1v) is 15.3. The largest absolute Gasteiger partial charge is 0.434 e. The Morgan fingerprint density at radius 2 is 2.07 bits per heavy atom. The average molecular weight is 624 g/mol. The molecular weight excluding hydrogens is 584 g/mol. The van der Waals surface area contributed by atoms with Gasteiger partial charge < -0.3 is 19.9 Å². The number of hydrogen-bond donors (Lipinski definition) is 4. The predicted octanol–water partition coefficient (Wildman–Crippen LogP) is 0.880. The number of hydrogen-bond acceptors (Lipinski definition) is 10. The van der Waals surface area contributed by atoms with E-state index >= 15 is 0 Å². The zero-order valence-electron chi connectivity index (χ0n) is 24.3.